The number of ether oxygens (including phenoxy) is 4. The fraction of sp³-hybridized carbons (Fsp3) is 0.625. The molecule has 21 heavy (non-hydrogen) atoms. The predicted molar refractivity (Wildman–Crippen MR) is 83.3 cm³/mol. The van der Waals surface area contributed by atoms with Gasteiger partial charge in [-0.15, -0.1) is 0 Å². The molecule has 0 saturated heterocycles. The molecule has 0 spiro atoms. The van der Waals surface area contributed by atoms with Crippen molar-refractivity contribution in [2.24, 2.45) is 0 Å². The van der Waals surface area contributed by atoms with Crippen LogP contribution in [0.3, 0.4) is 0 Å². The van der Waals surface area contributed by atoms with Gasteiger partial charge in [-0.2, -0.15) is 0 Å². The van der Waals surface area contributed by atoms with E-state index in [2.05, 4.69) is 12.2 Å². The first-order chi connectivity index (χ1) is 10.3. The van der Waals surface area contributed by atoms with Crippen LogP contribution in [0.25, 0.3) is 0 Å². The van der Waals surface area contributed by atoms with Gasteiger partial charge >= 0.3 is 0 Å². The van der Waals surface area contributed by atoms with Gasteiger partial charge in [-0.1, -0.05) is 6.92 Å². The van der Waals surface area contributed by atoms with Crippen molar-refractivity contribution in [3.05, 3.63) is 23.8 Å². The summed E-state index contributed by atoms with van der Waals surface area (Å²) in [7, 11) is 5.03. The van der Waals surface area contributed by atoms with Crippen molar-refractivity contribution in [2.75, 3.05) is 47.7 Å². The number of hydrogen-bond donors (Lipinski definition) is 1. The summed E-state index contributed by atoms with van der Waals surface area (Å²) in [6.07, 6.45) is 0.893. The molecule has 0 aliphatic heterocycles. The minimum Gasteiger partial charge on any atom is -0.497 e. The van der Waals surface area contributed by atoms with Crippen LogP contribution < -0.4 is 14.8 Å². The van der Waals surface area contributed by atoms with Gasteiger partial charge in [0.05, 0.1) is 26.9 Å². The molecule has 0 fully saturated rings. The Labute approximate surface area is 127 Å². The van der Waals surface area contributed by atoms with Crippen molar-refractivity contribution in [3.63, 3.8) is 0 Å². The van der Waals surface area contributed by atoms with Crippen LogP contribution in [0.15, 0.2) is 18.2 Å². The SMILES string of the molecule is CCNC(COCCCOC)c1cc(OC)ccc1OC. The van der Waals surface area contributed by atoms with Crippen molar-refractivity contribution >= 4 is 0 Å². The third-order valence-electron chi connectivity index (χ3n) is 3.18. The van der Waals surface area contributed by atoms with E-state index in [1.54, 1.807) is 21.3 Å². The second-order valence-electron chi connectivity index (χ2n) is 4.64. The molecular weight excluding hydrogens is 270 g/mol. The molecule has 0 bridgehead atoms. The lowest BCUT2D eigenvalue weighted by atomic mass is 10.1. The first-order valence-corrected chi connectivity index (χ1v) is 7.28. The van der Waals surface area contributed by atoms with E-state index in [0.717, 1.165) is 30.0 Å². The van der Waals surface area contributed by atoms with E-state index >= 15 is 0 Å². The van der Waals surface area contributed by atoms with Crippen molar-refractivity contribution < 1.29 is 18.9 Å². The molecule has 0 radical (unpaired) electrons. The molecule has 0 aliphatic rings. The Morgan fingerprint density at radius 1 is 1.10 bits per heavy atom. The fourth-order valence-corrected chi connectivity index (χ4v) is 2.12. The second-order valence-corrected chi connectivity index (χ2v) is 4.64. The smallest absolute Gasteiger partial charge is 0.123 e. The standard InChI is InChI=1S/C16H27NO4/c1-5-17-15(12-21-10-6-9-18-2)14-11-13(19-3)7-8-16(14)20-4/h7-8,11,15,17H,5-6,9-10,12H2,1-4H3. The van der Waals surface area contributed by atoms with Crippen molar-refractivity contribution in [1.82, 2.24) is 5.32 Å². The number of rotatable bonds is 11. The zero-order valence-corrected chi connectivity index (χ0v) is 13.5. The quantitative estimate of drug-likeness (QED) is 0.636. The number of likely N-dealkylation sites (N-methyl/N-ethyl adjacent to an activating group) is 1. The number of nitrogens with one attached hydrogen (secondary N) is 1. The third kappa shape index (κ3) is 5.91. The highest BCUT2D eigenvalue weighted by Gasteiger charge is 2.16. The highest BCUT2D eigenvalue weighted by atomic mass is 16.5. The fourth-order valence-electron chi connectivity index (χ4n) is 2.12. The lowest BCUT2D eigenvalue weighted by molar-refractivity contribution is 0.0872. The Hall–Kier alpha value is -1.30. The van der Waals surface area contributed by atoms with Gasteiger partial charge < -0.3 is 24.3 Å². The summed E-state index contributed by atoms with van der Waals surface area (Å²) < 4.78 is 21.5. The molecule has 1 N–H and O–H groups in total. The summed E-state index contributed by atoms with van der Waals surface area (Å²) in [4.78, 5) is 0. The van der Waals surface area contributed by atoms with Crippen molar-refractivity contribution in [2.45, 2.75) is 19.4 Å². The first kappa shape index (κ1) is 17.8. The van der Waals surface area contributed by atoms with Crippen molar-refractivity contribution in [1.29, 1.82) is 0 Å². The Balaban J connectivity index is 2.73. The minimum absolute atomic E-state index is 0.0718. The monoisotopic (exact) mass is 297 g/mol. The van der Waals surface area contributed by atoms with E-state index in [-0.39, 0.29) is 6.04 Å². The zero-order chi connectivity index (χ0) is 15.5. The second kappa shape index (κ2) is 10.4. The number of methoxy groups -OCH3 is 3. The summed E-state index contributed by atoms with van der Waals surface area (Å²) in [6, 6.07) is 5.88. The summed E-state index contributed by atoms with van der Waals surface area (Å²) in [6.45, 7) is 4.91. The van der Waals surface area contributed by atoms with Gasteiger partial charge in [0, 0.05) is 25.9 Å². The van der Waals surface area contributed by atoms with Gasteiger partial charge in [0.2, 0.25) is 0 Å². The predicted octanol–water partition coefficient (Wildman–Crippen LogP) is 2.41. The van der Waals surface area contributed by atoms with Crippen LogP contribution in [-0.2, 0) is 9.47 Å². The number of hydrogen-bond acceptors (Lipinski definition) is 5. The molecule has 1 aromatic carbocycles. The van der Waals surface area contributed by atoms with E-state index in [1.807, 2.05) is 18.2 Å². The molecule has 0 saturated carbocycles. The van der Waals surface area contributed by atoms with Gasteiger partial charge in [-0.25, -0.2) is 0 Å². The lowest BCUT2D eigenvalue weighted by Crippen LogP contribution is -2.26. The molecule has 1 aromatic rings. The molecule has 5 nitrogen and oxygen atoms in total. The van der Waals surface area contributed by atoms with Crippen LogP contribution in [0.1, 0.15) is 24.9 Å². The average molecular weight is 297 g/mol. The molecule has 120 valence electrons. The Bertz CT molecular complexity index is 398. The molecule has 5 heteroatoms. The summed E-state index contributed by atoms with van der Waals surface area (Å²) in [5.74, 6) is 1.65. The maximum atomic E-state index is 5.74. The Kier molecular flexibility index (Phi) is 8.82. The van der Waals surface area contributed by atoms with E-state index in [4.69, 9.17) is 18.9 Å². The summed E-state index contributed by atoms with van der Waals surface area (Å²) in [5, 5.41) is 3.42. The van der Waals surface area contributed by atoms with Gasteiger partial charge in [0.15, 0.2) is 0 Å². The van der Waals surface area contributed by atoms with E-state index in [0.29, 0.717) is 19.8 Å². The van der Waals surface area contributed by atoms with E-state index in [1.165, 1.54) is 0 Å². The molecule has 0 amide bonds. The molecule has 0 aliphatic carbocycles. The largest absolute Gasteiger partial charge is 0.497 e. The maximum Gasteiger partial charge on any atom is 0.123 e. The van der Waals surface area contributed by atoms with Crippen LogP contribution in [0.2, 0.25) is 0 Å². The van der Waals surface area contributed by atoms with Crippen LogP contribution in [-0.4, -0.2) is 47.7 Å². The highest BCUT2D eigenvalue weighted by Crippen LogP contribution is 2.29. The number of benzene rings is 1. The third-order valence-corrected chi connectivity index (χ3v) is 3.18. The Morgan fingerprint density at radius 2 is 1.90 bits per heavy atom. The van der Waals surface area contributed by atoms with E-state index in [9.17, 15) is 0 Å². The van der Waals surface area contributed by atoms with Crippen molar-refractivity contribution in [3.8, 4) is 11.5 Å². The molecule has 1 rings (SSSR count). The molecule has 1 unspecified atom stereocenters. The van der Waals surface area contributed by atoms with Gasteiger partial charge in [-0.3, -0.25) is 0 Å². The average Bonchev–Trinajstić information content (AvgIpc) is 2.53. The normalized spacial score (nSPS) is 12.2. The summed E-state index contributed by atoms with van der Waals surface area (Å²) in [5.41, 5.74) is 1.05. The van der Waals surface area contributed by atoms with Gasteiger partial charge in [0.1, 0.15) is 11.5 Å². The topological polar surface area (TPSA) is 49.0 Å². The van der Waals surface area contributed by atoms with Crippen LogP contribution in [0.5, 0.6) is 11.5 Å². The molecule has 1 atom stereocenters. The zero-order valence-electron chi connectivity index (χ0n) is 13.5. The lowest BCUT2D eigenvalue weighted by Gasteiger charge is -2.21. The molecular formula is C16H27NO4. The Morgan fingerprint density at radius 3 is 2.52 bits per heavy atom. The minimum atomic E-state index is 0.0718. The molecule has 0 heterocycles. The molecule has 0 aromatic heterocycles. The van der Waals surface area contributed by atoms with E-state index < -0.39 is 0 Å². The maximum absolute atomic E-state index is 5.74. The van der Waals surface area contributed by atoms with Crippen LogP contribution in [0.4, 0.5) is 0 Å². The van der Waals surface area contributed by atoms with Gasteiger partial charge in [-0.05, 0) is 31.2 Å². The summed E-state index contributed by atoms with van der Waals surface area (Å²) >= 11 is 0. The van der Waals surface area contributed by atoms with Gasteiger partial charge in [0.25, 0.3) is 0 Å². The highest BCUT2D eigenvalue weighted by molar-refractivity contribution is 5.42. The first-order valence-electron chi connectivity index (χ1n) is 7.28. The van der Waals surface area contributed by atoms with Crippen LogP contribution in [0, 0.1) is 0 Å². The van der Waals surface area contributed by atoms with Crippen LogP contribution >= 0.6 is 0 Å².